The van der Waals surface area contributed by atoms with E-state index in [1.165, 1.54) is 12.5 Å². The predicted molar refractivity (Wildman–Crippen MR) is 87.2 cm³/mol. The molecule has 4 nitrogen and oxygen atoms in total. The van der Waals surface area contributed by atoms with Crippen molar-refractivity contribution in [3.8, 4) is 11.1 Å². The van der Waals surface area contributed by atoms with E-state index in [4.69, 9.17) is 0 Å². The molecule has 0 spiro atoms. The van der Waals surface area contributed by atoms with Crippen molar-refractivity contribution in [3.05, 3.63) is 53.6 Å². The number of benzene rings is 2. The predicted octanol–water partition coefficient (Wildman–Crippen LogP) is 4.13. The van der Waals surface area contributed by atoms with E-state index in [-0.39, 0.29) is 11.5 Å². The fraction of sp³-hybridized carbons (Fsp3) is 0.222. The maximum atomic E-state index is 11.4. The van der Waals surface area contributed by atoms with Crippen molar-refractivity contribution in [3.63, 3.8) is 0 Å². The molecule has 0 fully saturated rings. The number of carboxylic acid groups (broad SMARTS) is 1. The number of aromatic carboxylic acids is 1. The maximum absolute atomic E-state index is 11.4. The zero-order valence-electron chi connectivity index (χ0n) is 12.9. The highest BCUT2D eigenvalue weighted by Crippen LogP contribution is 2.28. The molecular weight excluding hydrogens is 278 g/mol. The molecule has 2 N–H and O–H groups in total. The van der Waals surface area contributed by atoms with Crippen molar-refractivity contribution >= 4 is 17.6 Å². The van der Waals surface area contributed by atoms with Crippen molar-refractivity contribution in [2.45, 2.75) is 26.7 Å². The van der Waals surface area contributed by atoms with E-state index in [2.05, 4.69) is 31.3 Å². The molecule has 0 atom stereocenters. The summed E-state index contributed by atoms with van der Waals surface area (Å²) < 4.78 is 0. The second-order valence-electron chi connectivity index (χ2n) is 5.53. The topological polar surface area (TPSA) is 66.4 Å². The Balaban J connectivity index is 2.48. The minimum absolute atomic E-state index is 0.0858. The van der Waals surface area contributed by atoms with Gasteiger partial charge < -0.3 is 10.4 Å². The van der Waals surface area contributed by atoms with Crippen LogP contribution in [0, 0.1) is 0 Å². The molecule has 0 aliphatic rings. The van der Waals surface area contributed by atoms with Crippen molar-refractivity contribution in [1.82, 2.24) is 0 Å². The van der Waals surface area contributed by atoms with Gasteiger partial charge in [-0.1, -0.05) is 44.2 Å². The van der Waals surface area contributed by atoms with Crippen LogP contribution in [-0.2, 0) is 4.79 Å². The molecule has 2 rings (SSSR count). The third kappa shape index (κ3) is 3.52. The molecule has 114 valence electrons. The van der Waals surface area contributed by atoms with Gasteiger partial charge >= 0.3 is 5.97 Å². The molecule has 0 bridgehead atoms. The van der Waals surface area contributed by atoms with Crippen LogP contribution in [0.2, 0.25) is 0 Å². The smallest absolute Gasteiger partial charge is 0.337 e. The molecule has 0 aliphatic carbocycles. The highest BCUT2D eigenvalue weighted by Gasteiger charge is 2.13. The molecular formula is C18H19NO3. The van der Waals surface area contributed by atoms with Gasteiger partial charge in [0.15, 0.2) is 0 Å². The summed E-state index contributed by atoms with van der Waals surface area (Å²) in [7, 11) is 0. The first kappa shape index (κ1) is 15.8. The zero-order valence-corrected chi connectivity index (χ0v) is 12.9. The van der Waals surface area contributed by atoms with Gasteiger partial charge in [-0.2, -0.15) is 0 Å². The minimum Gasteiger partial charge on any atom is -0.478 e. The first-order valence-electron chi connectivity index (χ1n) is 7.13. The lowest BCUT2D eigenvalue weighted by Gasteiger charge is -2.11. The quantitative estimate of drug-likeness (QED) is 0.891. The molecule has 0 aromatic heterocycles. The number of anilines is 1. The first-order chi connectivity index (χ1) is 10.4. The lowest BCUT2D eigenvalue weighted by atomic mass is 9.96. The number of carboxylic acids is 1. The Labute approximate surface area is 129 Å². The number of rotatable bonds is 4. The molecule has 0 saturated carbocycles. The van der Waals surface area contributed by atoms with Crippen LogP contribution in [0.25, 0.3) is 11.1 Å². The Hall–Kier alpha value is -2.62. The summed E-state index contributed by atoms with van der Waals surface area (Å²) >= 11 is 0. The normalized spacial score (nSPS) is 10.5. The highest BCUT2D eigenvalue weighted by molar-refractivity contribution is 6.01. The van der Waals surface area contributed by atoms with Gasteiger partial charge in [0.2, 0.25) is 5.91 Å². The largest absolute Gasteiger partial charge is 0.478 e. The van der Waals surface area contributed by atoms with E-state index in [1.807, 2.05) is 18.2 Å². The second-order valence-corrected chi connectivity index (χ2v) is 5.53. The Morgan fingerprint density at radius 3 is 2.32 bits per heavy atom. The molecule has 0 aliphatic heterocycles. The van der Waals surface area contributed by atoms with E-state index in [9.17, 15) is 14.7 Å². The van der Waals surface area contributed by atoms with Crippen LogP contribution in [0.3, 0.4) is 0 Å². The second kappa shape index (κ2) is 6.43. The van der Waals surface area contributed by atoms with Gasteiger partial charge in [0.25, 0.3) is 0 Å². The summed E-state index contributed by atoms with van der Waals surface area (Å²) in [5.41, 5.74) is 3.36. The van der Waals surface area contributed by atoms with Crippen molar-refractivity contribution in [2.24, 2.45) is 0 Å². The number of hydrogen-bond donors (Lipinski definition) is 2. The molecule has 4 heteroatoms. The van der Waals surface area contributed by atoms with E-state index >= 15 is 0 Å². The van der Waals surface area contributed by atoms with Gasteiger partial charge in [-0.05, 0) is 34.7 Å². The molecule has 1 amide bonds. The molecule has 0 saturated heterocycles. The molecule has 2 aromatic carbocycles. The van der Waals surface area contributed by atoms with Crippen LogP contribution in [-0.4, -0.2) is 17.0 Å². The Morgan fingerprint density at radius 2 is 1.73 bits per heavy atom. The van der Waals surface area contributed by atoms with Crippen LogP contribution in [0.1, 0.15) is 42.6 Å². The fourth-order valence-electron chi connectivity index (χ4n) is 2.28. The van der Waals surface area contributed by atoms with Gasteiger partial charge in [0.1, 0.15) is 0 Å². The molecule has 0 radical (unpaired) electrons. The zero-order chi connectivity index (χ0) is 16.3. The van der Waals surface area contributed by atoms with Crippen LogP contribution in [0.5, 0.6) is 0 Å². The van der Waals surface area contributed by atoms with Crippen LogP contribution in [0.4, 0.5) is 5.69 Å². The Kier molecular flexibility index (Phi) is 4.61. The molecule has 2 aromatic rings. The monoisotopic (exact) mass is 297 g/mol. The number of carbonyl (C=O) groups is 2. The van der Waals surface area contributed by atoms with Gasteiger partial charge in [-0.25, -0.2) is 4.79 Å². The number of hydrogen-bond acceptors (Lipinski definition) is 2. The molecule has 22 heavy (non-hydrogen) atoms. The summed E-state index contributed by atoms with van der Waals surface area (Å²) in [4.78, 5) is 22.6. The summed E-state index contributed by atoms with van der Waals surface area (Å²) in [6.45, 7) is 5.58. The van der Waals surface area contributed by atoms with Gasteiger partial charge in [-0.15, -0.1) is 0 Å². The van der Waals surface area contributed by atoms with E-state index in [1.54, 1.807) is 12.1 Å². The van der Waals surface area contributed by atoms with E-state index < -0.39 is 5.97 Å². The molecule has 0 heterocycles. The van der Waals surface area contributed by atoms with Gasteiger partial charge in [0.05, 0.1) is 11.3 Å². The Bertz CT molecular complexity index is 720. The minimum atomic E-state index is -1.06. The van der Waals surface area contributed by atoms with Gasteiger partial charge in [0, 0.05) is 6.92 Å². The summed E-state index contributed by atoms with van der Waals surface area (Å²) in [6.07, 6.45) is 0. The van der Waals surface area contributed by atoms with Crippen molar-refractivity contribution in [2.75, 3.05) is 5.32 Å². The van der Waals surface area contributed by atoms with Crippen molar-refractivity contribution in [1.29, 1.82) is 0 Å². The SMILES string of the molecule is CC(=O)Nc1ccc(-c2cccc(C(C)C)c2)cc1C(=O)O. The molecule has 0 unspecified atom stereocenters. The third-order valence-corrected chi connectivity index (χ3v) is 3.45. The van der Waals surface area contributed by atoms with Crippen LogP contribution < -0.4 is 5.32 Å². The third-order valence-electron chi connectivity index (χ3n) is 3.45. The standard InChI is InChI=1S/C18H19NO3/c1-11(2)13-5-4-6-14(9-13)15-7-8-17(19-12(3)20)16(10-15)18(21)22/h4-11H,1-3H3,(H,19,20)(H,21,22). The van der Waals surface area contributed by atoms with Crippen LogP contribution >= 0.6 is 0 Å². The van der Waals surface area contributed by atoms with Crippen molar-refractivity contribution < 1.29 is 14.7 Å². The Morgan fingerprint density at radius 1 is 1.05 bits per heavy atom. The number of carbonyl (C=O) groups excluding carboxylic acids is 1. The average Bonchev–Trinajstić information content (AvgIpc) is 2.47. The van der Waals surface area contributed by atoms with E-state index in [0.717, 1.165) is 11.1 Å². The van der Waals surface area contributed by atoms with Crippen LogP contribution in [0.15, 0.2) is 42.5 Å². The van der Waals surface area contributed by atoms with Gasteiger partial charge in [-0.3, -0.25) is 4.79 Å². The summed E-state index contributed by atoms with van der Waals surface area (Å²) in [6, 6.07) is 13.1. The number of nitrogens with one attached hydrogen (secondary N) is 1. The lowest BCUT2D eigenvalue weighted by Crippen LogP contribution is -2.10. The first-order valence-corrected chi connectivity index (χ1v) is 7.13. The highest BCUT2D eigenvalue weighted by atomic mass is 16.4. The average molecular weight is 297 g/mol. The fourth-order valence-corrected chi connectivity index (χ4v) is 2.28. The maximum Gasteiger partial charge on any atom is 0.337 e. The van der Waals surface area contributed by atoms with E-state index in [0.29, 0.717) is 11.6 Å². The lowest BCUT2D eigenvalue weighted by molar-refractivity contribution is -0.114. The number of amides is 1. The summed E-state index contributed by atoms with van der Waals surface area (Å²) in [5, 5.41) is 11.9. The summed E-state index contributed by atoms with van der Waals surface area (Å²) in [5.74, 6) is -0.958.